The fourth-order valence-corrected chi connectivity index (χ4v) is 2.77. The highest BCUT2D eigenvalue weighted by molar-refractivity contribution is 9.10. The molecule has 18 heavy (non-hydrogen) atoms. The largest absolute Gasteiger partial charge is 0.495 e. The van der Waals surface area contributed by atoms with Gasteiger partial charge in [0.2, 0.25) is 0 Å². The number of nitrogens with one attached hydrogen (secondary N) is 1. The van der Waals surface area contributed by atoms with Gasteiger partial charge in [0, 0.05) is 38.3 Å². The molecule has 3 nitrogen and oxygen atoms in total. The van der Waals surface area contributed by atoms with Crippen molar-refractivity contribution in [3.05, 3.63) is 28.0 Å². The minimum Gasteiger partial charge on any atom is -0.495 e. The lowest BCUT2D eigenvalue weighted by Gasteiger charge is -2.27. The van der Waals surface area contributed by atoms with Crippen molar-refractivity contribution in [3.8, 4) is 5.75 Å². The van der Waals surface area contributed by atoms with Gasteiger partial charge >= 0.3 is 0 Å². The van der Waals surface area contributed by atoms with E-state index >= 15 is 0 Å². The van der Waals surface area contributed by atoms with Crippen LogP contribution >= 0.6 is 15.9 Å². The van der Waals surface area contributed by atoms with Crippen LogP contribution in [0.1, 0.15) is 5.56 Å². The number of piperazine rings is 1. The molecule has 0 bridgehead atoms. The van der Waals surface area contributed by atoms with Crippen molar-refractivity contribution in [3.63, 3.8) is 0 Å². The monoisotopic (exact) mass is 316 g/mol. The Kier molecular flexibility index (Phi) is 4.97. The molecular weight excluding hydrogens is 299 g/mol. The first-order valence-corrected chi connectivity index (χ1v) is 6.95. The molecule has 0 atom stereocenters. The molecule has 1 heterocycles. The van der Waals surface area contributed by atoms with Crippen LogP contribution in [0.2, 0.25) is 0 Å². The van der Waals surface area contributed by atoms with E-state index in [1.54, 1.807) is 13.2 Å². The number of nitrogens with zero attached hydrogens (tertiary/aromatic N) is 1. The third-order valence-electron chi connectivity index (χ3n) is 3.25. The van der Waals surface area contributed by atoms with E-state index in [0.717, 1.165) is 37.2 Å². The topological polar surface area (TPSA) is 24.5 Å². The normalized spacial score (nSPS) is 16.8. The van der Waals surface area contributed by atoms with Crippen molar-refractivity contribution in [2.75, 3.05) is 39.8 Å². The molecule has 0 saturated carbocycles. The Hall–Kier alpha value is -0.650. The van der Waals surface area contributed by atoms with Crippen molar-refractivity contribution in [2.45, 2.75) is 6.42 Å². The third kappa shape index (κ3) is 3.22. The summed E-state index contributed by atoms with van der Waals surface area (Å²) in [5, 5.41) is 3.31. The van der Waals surface area contributed by atoms with Gasteiger partial charge in [-0.25, -0.2) is 4.39 Å². The summed E-state index contributed by atoms with van der Waals surface area (Å²) in [6.07, 6.45) is 0.675. The van der Waals surface area contributed by atoms with E-state index in [2.05, 4.69) is 26.1 Å². The molecule has 0 aromatic heterocycles. The highest BCUT2D eigenvalue weighted by Crippen LogP contribution is 2.31. The molecule has 1 aliphatic heterocycles. The first kappa shape index (κ1) is 13.8. The fraction of sp³-hybridized carbons (Fsp3) is 0.538. The molecule has 0 aliphatic carbocycles. The Bertz CT molecular complexity index is 408. The number of methoxy groups -OCH3 is 1. The lowest BCUT2D eigenvalue weighted by Crippen LogP contribution is -2.44. The average molecular weight is 317 g/mol. The van der Waals surface area contributed by atoms with Crippen molar-refractivity contribution >= 4 is 15.9 Å². The van der Waals surface area contributed by atoms with Gasteiger partial charge in [0.05, 0.1) is 11.6 Å². The second-order valence-corrected chi connectivity index (χ2v) is 5.24. The second kappa shape index (κ2) is 6.50. The number of benzene rings is 1. The minimum absolute atomic E-state index is 0.190. The van der Waals surface area contributed by atoms with Crippen molar-refractivity contribution in [1.82, 2.24) is 10.2 Å². The summed E-state index contributed by atoms with van der Waals surface area (Å²) >= 11 is 3.39. The van der Waals surface area contributed by atoms with Gasteiger partial charge in [-0.15, -0.1) is 0 Å². The predicted octanol–water partition coefficient (Wildman–Crippen LogP) is 2.04. The zero-order valence-corrected chi connectivity index (χ0v) is 12.1. The maximum absolute atomic E-state index is 13.8. The van der Waals surface area contributed by atoms with Gasteiger partial charge in [-0.3, -0.25) is 0 Å². The van der Waals surface area contributed by atoms with Gasteiger partial charge in [0.1, 0.15) is 11.6 Å². The maximum Gasteiger partial charge on any atom is 0.139 e. The number of halogens is 2. The van der Waals surface area contributed by atoms with E-state index < -0.39 is 0 Å². The highest BCUT2D eigenvalue weighted by Gasteiger charge is 2.15. The second-order valence-electron chi connectivity index (χ2n) is 4.38. The van der Waals surface area contributed by atoms with Crippen molar-refractivity contribution in [2.24, 2.45) is 0 Å². The van der Waals surface area contributed by atoms with Gasteiger partial charge in [-0.05, 0) is 34.5 Å². The van der Waals surface area contributed by atoms with E-state index in [1.165, 1.54) is 6.07 Å². The Morgan fingerprint density at radius 3 is 2.78 bits per heavy atom. The molecule has 1 aromatic carbocycles. The molecule has 2 rings (SSSR count). The summed E-state index contributed by atoms with van der Waals surface area (Å²) in [6.45, 7) is 4.94. The molecule has 0 amide bonds. The minimum atomic E-state index is -0.190. The number of ether oxygens (including phenoxy) is 1. The van der Waals surface area contributed by atoms with Gasteiger partial charge in [0.15, 0.2) is 0 Å². The molecule has 1 fully saturated rings. The summed E-state index contributed by atoms with van der Waals surface area (Å²) in [4.78, 5) is 2.34. The molecule has 1 N–H and O–H groups in total. The zero-order chi connectivity index (χ0) is 13.0. The Morgan fingerprint density at radius 1 is 1.39 bits per heavy atom. The highest BCUT2D eigenvalue weighted by atomic mass is 79.9. The van der Waals surface area contributed by atoms with Crippen LogP contribution in [0, 0.1) is 5.82 Å². The lowest BCUT2D eigenvalue weighted by molar-refractivity contribution is 0.242. The Labute approximate surface area is 115 Å². The fourth-order valence-electron chi connectivity index (χ4n) is 2.23. The maximum atomic E-state index is 13.8. The molecular formula is C13H18BrFN2O. The molecule has 0 spiro atoms. The molecule has 1 saturated heterocycles. The van der Waals surface area contributed by atoms with E-state index in [0.29, 0.717) is 17.7 Å². The third-order valence-corrected chi connectivity index (χ3v) is 3.87. The van der Waals surface area contributed by atoms with Gasteiger partial charge < -0.3 is 15.0 Å². The van der Waals surface area contributed by atoms with Crippen LogP contribution < -0.4 is 10.1 Å². The first-order chi connectivity index (χ1) is 8.72. The standard InChI is InChI=1S/C13H18BrFN2O/c1-18-13-10(12(15)3-2-11(13)14)4-7-17-8-5-16-6-9-17/h2-3,16H,4-9H2,1H3. The Balaban J connectivity index is 2.05. The predicted molar refractivity (Wildman–Crippen MR) is 73.7 cm³/mol. The summed E-state index contributed by atoms with van der Waals surface area (Å²) in [6, 6.07) is 3.17. The van der Waals surface area contributed by atoms with Crippen LogP contribution in [-0.4, -0.2) is 44.7 Å². The van der Waals surface area contributed by atoms with Gasteiger partial charge in [0.25, 0.3) is 0 Å². The van der Waals surface area contributed by atoms with E-state index in [9.17, 15) is 4.39 Å². The smallest absolute Gasteiger partial charge is 0.139 e. The van der Waals surface area contributed by atoms with Crippen LogP contribution in [0.5, 0.6) is 5.75 Å². The number of hydrogen-bond donors (Lipinski definition) is 1. The van der Waals surface area contributed by atoms with Crippen LogP contribution in [-0.2, 0) is 6.42 Å². The first-order valence-electron chi connectivity index (χ1n) is 6.16. The van der Waals surface area contributed by atoms with E-state index in [1.807, 2.05) is 0 Å². The molecule has 100 valence electrons. The van der Waals surface area contributed by atoms with Crippen molar-refractivity contribution in [1.29, 1.82) is 0 Å². The zero-order valence-electron chi connectivity index (χ0n) is 10.5. The summed E-state index contributed by atoms with van der Waals surface area (Å²) < 4.78 is 19.9. The Morgan fingerprint density at radius 2 is 2.11 bits per heavy atom. The van der Waals surface area contributed by atoms with E-state index in [4.69, 9.17) is 4.74 Å². The summed E-state index contributed by atoms with van der Waals surface area (Å²) in [7, 11) is 1.58. The number of hydrogen-bond acceptors (Lipinski definition) is 3. The van der Waals surface area contributed by atoms with Crippen LogP contribution in [0.15, 0.2) is 16.6 Å². The van der Waals surface area contributed by atoms with Gasteiger partial charge in [-0.1, -0.05) is 0 Å². The van der Waals surface area contributed by atoms with Crippen molar-refractivity contribution < 1.29 is 9.13 Å². The quantitative estimate of drug-likeness (QED) is 0.920. The molecule has 1 aliphatic rings. The molecule has 0 unspecified atom stereocenters. The number of rotatable bonds is 4. The van der Waals surface area contributed by atoms with Crippen LogP contribution in [0.3, 0.4) is 0 Å². The van der Waals surface area contributed by atoms with E-state index in [-0.39, 0.29) is 5.82 Å². The van der Waals surface area contributed by atoms with Crippen LogP contribution in [0.4, 0.5) is 4.39 Å². The summed E-state index contributed by atoms with van der Waals surface area (Å²) in [5.41, 5.74) is 0.658. The molecule has 5 heteroatoms. The van der Waals surface area contributed by atoms with Gasteiger partial charge in [-0.2, -0.15) is 0 Å². The SMILES string of the molecule is COc1c(Br)ccc(F)c1CCN1CCNCC1. The lowest BCUT2D eigenvalue weighted by atomic mass is 10.1. The molecule has 1 aromatic rings. The summed E-state index contributed by atoms with van der Waals surface area (Å²) in [5.74, 6) is 0.426. The molecule has 0 radical (unpaired) electrons. The average Bonchev–Trinajstić information content (AvgIpc) is 2.41. The van der Waals surface area contributed by atoms with Crippen LogP contribution in [0.25, 0.3) is 0 Å².